The molecule has 0 bridgehead atoms. The van der Waals surface area contributed by atoms with E-state index in [9.17, 15) is 9.59 Å². The van der Waals surface area contributed by atoms with E-state index in [1.54, 1.807) is 61.7 Å². The monoisotopic (exact) mass is 513 g/mol. The first-order valence-electron chi connectivity index (χ1n) is 11.5. The molecule has 0 amide bonds. The van der Waals surface area contributed by atoms with Gasteiger partial charge in [-0.2, -0.15) is 9.78 Å². The molecule has 0 N–H and O–H groups in total. The third-order valence-corrected chi connectivity index (χ3v) is 5.82. The highest BCUT2D eigenvalue weighted by Gasteiger charge is 2.18. The summed E-state index contributed by atoms with van der Waals surface area (Å²) in [7, 11) is 4.32. The highest BCUT2D eigenvalue weighted by atomic mass is 16.6. The van der Waals surface area contributed by atoms with Crippen molar-refractivity contribution in [2.45, 2.75) is 0 Å². The molecule has 2 heterocycles. The summed E-state index contributed by atoms with van der Waals surface area (Å²) >= 11 is 0. The fraction of sp³-hybridized carbons (Fsp3) is 0.143. The van der Waals surface area contributed by atoms with Gasteiger partial charge in [0.15, 0.2) is 23.9 Å². The summed E-state index contributed by atoms with van der Waals surface area (Å²) in [5, 5.41) is 5.59. The predicted molar refractivity (Wildman–Crippen MR) is 141 cm³/mol. The summed E-state index contributed by atoms with van der Waals surface area (Å²) in [6.45, 7) is -0.332. The number of para-hydroxylation sites is 2. The average molecular weight is 514 g/mol. The fourth-order valence-corrected chi connectivity index (χ4v) is 3.97. The second kappa shape index (κ2) is 10.5. The Morgan fingerprint density at radius 1 is 0.974 bits per heavy atom. The van der Waals surface area contributed by atoms with Gasteiger partial charge in [0.1, 0.15) is 11.3 Å². The van der Waals surface area contributed by atoms with Gasteiger partial charge in [-0.3, -0.25) is 4.79 Å². The molecule has 3 aromatic carbocycles. The van der Waals surface area contributed by atoms with E-state index in [4.69, 9.17) is 23.6 Å². The molecule has 5 aromatic rings. The van der Waals surface area contributed by atoms with Crippen molar-refractivity contribution in [1.29, 1.82) is 0 Å². The molecular formula is C28H23N3O7. The molecule has 2 aromatic heterocycles. The Balaban J connectivity index is 1.67. The molecule has 0 radical (unpaired) electrons. The second-order valence-electron chi connectivity index (χ2n) is 8.04. The van der Waals surface area contributed by atoms with Gasteiger partial charge < -0.3 is 23.4 Å². The molecule has 0 atom stereocenters. The zero-order chi connectivity index (χ0) is 26.6. The highest BCUT2D eigenvalue weighted by Crippen LogP contribution is 2.33. The Bertz CT molecular complexity index is 1740. The number of benzene rings is 3. The van der Waals surface area contributed by atoms with Crippen LogP contribution in [-0.4, -0.2) is 49.8 Å². The Morgan fingerprint density at radius 2 is 1.74 bits per heavy atom. The molecule has 192 valence electrons. The third-order valence-electron chi connectivity index (χ3n) is 5.82. The number of carbonyl (C=O) groups excluding carboxylic acids is 1. The number of hydrogen-bond acceptors (Lipinski definition) is 9. The minimum Gasteiger partial charge on any atom is -0.496 e. The van der Waals surface area contributed by atoms with Crippen LogP contribution < -0.4 is 19.8 Å². The lowest BCUT2D eigenvalue weighted by atomic mass is 10.2. The van der Waals surface area contributed by atoms with Crippen molar-refractivity contribution in [3.8, 4) is 28.8 Å². The lowest BCUT2D eigenvalue weighted by Gasteiger charge is -2.12. The molecule has 0 fully saturated rings. The quantitative estimate of drug-likeness (QED) is 0.223. The molecule has 0 aliphatic carbocycles. The first-order valence-corrected chi connectivity index (χ1v) is 11.5. The number of ether oxygens (including phenoxy) is 4. The number of esters is 1. The number of nitrogens with zero attached hydrogens (tertiary/aromatic N) is 3. The Hall–Kier alpha value is -5.12. The van der Waals surface area contributed by atoms with Crippen molar-refractivity contribution in [3.63, 3.8) is 0 Å². The number of aromatic nitrogens is 2. The average Bonchev–Trinajstić information content (AvgIpc) is 3.40. The first-order chi connectivity index (χ1) is 18.5. The van der Waals surface area contributed by atoms with Crippen molar-refractivity contribution in [1.82, 2.24) is 9.66 Å². The molecule has 10 heteroatoms. The van der Waals surface area contributed by atoms with Crippen LogP contribution in [0.5, 0.6) is 17.2 Å². The molecule has 0 saturated carbocycles. The number of rotatable bonds is 8. The molecule has 10 nitrogen and oxygen atoms in total. The van der Waals surface area contributed by atoms with E-state index in [-0.39, 0.29) is 18.2 Å². The lowest BCUT2D eigenvalue weighted by molar-refractivity contribution is -0.142. The summed E-state index contributed by atoms with van der Waals surface area (Å²) < 4.78 is 28.4. The normalized spacial score (nSPS) is 11.2. The van der Waals surface area contributed by atoms with E-state index in [0.717, 1.165) is 10.1 Å². The van der Waals surface area contributed by atoms with Crippen LogP contribution in [0.3, 0.4) is 0 Å². The second-order valence-corrected chi connectivity index (χ2v) is 8.04. The van der Waals surface area contributed by atoms with Crippen LogP contribution in [0.25, 0.3) is 33.5 Å². The maximum Gasteiger partial charge on any atom is 0.343 e. The number of fused-ring (bicyclic) bond motifs is 2. The number of carbonyl (C=O) groups is 1. The van der Waals surface area contributed by atoms with Crippen LogP contribution in [0.1, 0.15) is 5.56 Å². The van der Waals surface area contributed by atoms with E-state index in [0.29, 0.717) is 39.3 Å². The Kier molecular flexibility index (Phi) is 6.77. The summed E-state index contributed by atoms with van der Waals surface area (Å²) in [6, 6.07) is 19.3. The predicted octanol–water partition coefficient (Wildman–Crippen LogP) is 4.26. The van der Waals surface area contributed by atoms with E-state index < -0.39 is 11.5 Å². The Labute approximate surface area is 216 Å². The van der Waals surface area contributed by atoms with Crippen molar-refractivity contribution in [3.05, 3.63) is 82.6 Å². The minimum absolute atomic E-state index is 0.197. The summed E-state index contributed by atoms with van der Waals surface area (Å²) in [6.07, 6.45) is 1.43. The van der Waals surface area contributed by atoms with E-state index in [1.807, 2.05) is 12.1 Å². The van der Waals surface area contributed by atoms with Crippen LogP contribution >= 0.6 is 0 Å². The molecule has 0 spiro atoms. The van der Waals surface area contributed by atoms with Gasteiger partial charge in [-0.1, -0.05) is 24.3 Å². The topological polar surface area (TPSA) is 114 Å². The van der Waals surface area contributed by atoms with Crippen LogP contribution in [0.2, 0.25) is 0 Å². The first kappa shape index (κ1) is 24.6. The largest absolute Gasteiger partial charge is 0.496 e. The maximum atomic E-state index is 13.6. The smallest absolute Gasteiger partial charge is 0.343 e. The molecule has 38 heavy (non-hydrogen) atoms. The zero-order valence-corrected chi connectivity index (χ0v) is 20.8. The van der Waals surface area contributed by atoms with Gasteiger partial charge in [0.05, 0.1) is 43.8 Å². The van der Waals surface area contributed by atoms with Gasteiger partial charge in [0.25, 0.3) is 5.56 Å². The van der Waals surface area contributed by atoms with Crippen molar-refractivity contribution in [2.24, 2.45) is 5.10 Å². The van der Waals surface area contributed by atoms with Gasteiger partial charge in [0, 0.05) is 5.56 Å². The number of methoxy groups -OCH3 is 3. The van der Waals surface area contributed by atoms with Gasteiger partial charge in [-0.25, -0.2) is 9.78 Å². The minimum atomic E-state index is -0.559. The van der Waals surface area contributed by atoms with Crippen LogP contribution in [0, 0.1) is 0 Å². The molecule has 0 aliphatic heterocycles. The third kappa shape index (κ3) is 4.55. The van der Waals surface area contributed by atoms with Crippen molar-refractivity contribution in [2.75, 3.05) is 27.9 Å². The van der Waals surface area contributed by atoms with Crippen molar-refractivity contribution >= 4 is 34.1 Å². The number of hydrogen-bond donors (Lipinski definition) is 0. The summed E-state index contributed by atoms with van der Waals surface area (Å²) in [5.74, 6) is 1.24. The van der Waals surface area contributed by atoms with Crippen molar-refractivity contribution < 1.29 is 28.2 Å². The van der Waals surface area contributed by atoms with Crippen LogP contribution in [0.15, 0.2) is 81.0 Å². The molecular weight excluding hydrogens is 490 g/mol. The number of furan rings is 1. The van der Waals surface area contributed by atoms with Gasteiger partial charge in [-0.15, -0.1) is 0 Å². The van der Waals surface area contributed by atoms with E-state index >= 15 is 0 Å². The lowest BCUT2D eigenvalue weighted by Crippen LogP contribution is -2.20. The molecule has 0 aliphatic rings. The van der Waals surface area contributed by atoms with Crippen LogP contribution in [-0.2, 0) is 9.53 Å². The van der Waals surface area contributed by atoms with E-state index in [1.165, 1.54) is 20.4 Å². The van der Waals surface area contributed by atoms with E-state index in [2.05, 4.69) is 9.84 Å². The van der Waals surface area contributed by atoms with Gasteiger partial charge >= 0.3 is 5.97 Å². The Morgan fingerprint density at radius 3 is 2.53 bits per heavy atom. The van der Waals surface area contributed by atoms with Gasteiger partial charge in [0.2, 0.25) is 5.82 Å². The summed E-state index contributed by atoms with van der Waals surface area (Å²) in [5.41, 5.74) is 1.14. The summed E-state index contributed by atoms with van der Waals surface area (Å²) in [4.78, 5) is 29.9. The fourth-order valence-electron chi connectivity index (χ4n) is 3.97. The SMILES string of the molecule is COC(=O)COc1c(C=Nn2c(-c3cc4c(OC)cccc4o3)nc3ccccc3c2=O)cccc1OC. The van der Waals surface area contributed by atoms with Gasteiger partial charge in [-0.05, 0) is 42.5 Å². The molecule has 0 saturated heterocycles. The standard InChI is InChI=1S/C28H23N3O7/c1-34-21-11-7-12-22-19(21)14-24(38-22)27-30-20-10-5-4-9-18(20)28(33)31(27)29-15-17-8-6-13-23(35-2)26(17)37-16-25(32)36-3/h4-15H,16H2,1-3H3. The van der Waals surface area contributed by atoms with Crippen LogP contribution in [0.4, 0.5) is 0 Å². The maximum absolute atomic E-state index is 13.6. The molecule has 0 unspecified atom stereocenters. The highest BCUT2D eigenvalue weighted by molar-refractivity contribution is 5.89. The zero-order valence-electron chi connectivity index (χ0n) is 20.8. The molecule has 5 rings (SSSR count).